The molecule has 0 unspecified atom stereocenters. The van der Waals surface area contributed by atoms with E-state index in [2.05, 4.69) is 0 Å². The molecule has 134 valence electrons. The predicted molar refractivity (Wildman–Crippen MR) is 104 cm³/mol. The Bertz CT molecular complexity index is 1030. The van der Waals surface area contributed by atoms with Crippen molar-refractivity contribution < 1.29 is 9.18 Å². The summed E-state index contributed by atoms with van der Waals surface area (Å²) in [7, 11) is 0. The van der Waals surface area contributed by atoms with Gasteiger partial charge in [-0.3, -0.25) is 4.79 Å². The molecule has 27 heavy (non-hydrogen) atoms. The van der Waals surface area contributed by atoms with Crippen molar-refractivity contribution in [3.8, 4) is 6.07 Å². The minimum absolute atomic E-state index is 0.0549. The zero-order valence-electron chi connectivity index (χ0n) is 14.2. The number of hydrogen-bond acceptors (Lipinski definition) is 3. The number of benzene rings is 3. The normalized spacial score (nSPS) is 10.3. The van der Waals surface area contributed by atoms with Crippen LogP contribution in [-0.4, -0.2) is 5.91 Å². The van der Waals surface area contributed by atoms with Gasteiger partial charge in [-0.25, -0.2) is 4.39 Å². The minimum atomic E-state index is -0.551. The molecule has 2 N–H and O–H groups in total. The van der Waals surface area contributed by atoms with Crippen LogP contribution in [0.15, 0.2) is 66.7 Å². The molecule has 0 heterocycles. The molecule has 0 bridgehead atoms. The smallest absolute Gasteiger partial charge is 0.260 e. The highest BCUT2D eigenvalue weighted by atomic mass is 35.5. The number of carbonyl (C=O) groups is 1. The summed E-state index contributed by atoms with van der Waals surface area (Å²) >= 11 is 6.20. The van der Waals surface area contributed by atoms with E-state index in [9.17, 15) is 14.4 Å². The van der Waals surface area contributed by atoms with E-state index >= 15 is 0 Å². The van der Waals surface area contributed by atoms with Crippen molar-refractivity contribution in [2.45, 2.75) is 6.54 Å². The summed E-state index contributed by atoms with van der Waals surface area (Å²) in [4.78, 5) is 14.7. The van der Waals surface area contributed by atoms with Crippen LogP contribution in [0.4, 0.5) is 15.8 Å². The van der Waals surface area contributed by atoms with E-state index in [0.717, 1.165) is 11.6 Å². The molecule has 3 rings (SSSR count). The topological polar surface area (TPSA) is 70.1 Å². The van der Waals surface area contributed by atoms with Gasteiger partial charge >= 0.3 is 0 Å². The second-order valence-corrected chi connectivity index (χ2v) is 6.30. The number of halogens is 2. The standard InChI is InChI=1S/C21H15ClFN3O/c22-19-8-7-17(25)11-18(19)21(27)26(13-14-4-2-1-3-5-14)20-9-6-16(23)10-15(20)12-24/h1-11H,13,25H2. The van der Waals surface area contributed by atoms with Gasteiger partial charge in [0.1, 0.15) is 11.9 Å². The molecule has 0 aliphatic heterocycles. The molecule has 3 aromatic rings. The lowest BCUT2D eigenvalue weighted by atomic mass is 10.1. The van der Waals surface area contributed by atoms with Crippen LogP contribution in [0.2, 0.25) is 5.02 Å². The van der Waals surface area contributed by atoms with Crippen LogP contribution in [0, 0.1) is 17.1 Å². The maximum absolute atomic E-state index is 13.6. The fraction of sp³-hybridized carbons (Fsp3) is 0.0476. The van der Waals surface area contributed by atoms with Crippen LogP contribution in [-0.2, 0) is 6.54 Å². The third-order valence-corrected chi connectivity index (χ3v) is 4.35. The van der Waals surface area contributed by atoms with E-state index < -0.39 is 11.7 Å². The second kappa shape index (κ2) is 7.90. The third kappa shape index (κ3) is 4.08. The lowest BCUT2D eigenvalue weighted by molar-refractivity contribution is 0.0985. The Labute approximate surface area is 161 Å². The summed E-state index contributed by atoms with van der Waals surface area (Å²) in [6.07, 6.45) is 0. The molecule has 0 fully saturated rings. The minimum Gasteiger partial charge on any atom is -0.399 e. The summed E-state index contributed by atoms with van der Waals surface area (Å²) in [5.41, 5.74) is 7.60. The van der Waals surface area contributed by atoms with Crippen molar-refractivity contribution in [2.75, 3.05) is 10.6 Å². The number of carbonyl (C=O) groups excluding carboxylic acids is 1. The first-order valence-corrected chi connectivity index (χ1v) is 8.48. The molecule has 0 saturated heterocycles. The van der Waals surface area contributed by atoms with Gasteiger partial charge in [0.2, 0.25) is 0 Å². The summed E-state index contributed by atoms with van der Waals surface area (Å²) in [6, 6.07) is 19.6. The predicted octanol–water partition coefficient (Wildman–Crippen LogP) is 4.78. The molecule has 0 aliphatic carbocycles. The lowest BCUT2D eigenvalue weighted by Gasteiger charge is -2.25. The number of nitrogen functional groups attached to an aromatic ring is 1. The van der Waals surface area contributed by atoms with Gasteiger partial charge in [0.05, 0.1) is 28.4 Å². The van der Waals surface area contributed by atoms with Gasteiger partial charge in [0.25, 0.3) is 5.91 Å². The Morgan fingerprint density at radius 1 is 1.11 bits per heavy atom. The van der Waals surface area contributed by atoms with Gasteiger partial charge in [-0.05, 0) is 42.0 Å². The number of nitriles is 1. The third-order valence-electron chi connectivity index (χ3n) is 4.02. The van der Waals surface area contributed by atoms with E-state index in [1.165, 1.54) is 23.1 Å². The van der Waals surface area contributed by atoms with Crippen molar-refractivity contribution in [3.63, 3.8) is 0 Å². The molecular weight excluding hydrogens is 365 g/mol. The van der Waals surface area contributed by atoms with Gasteiger partial charge in [-0.15, -0.1) is 0 Å². The maximum atomic E-state index is 13.6. The second-order valence-electron chi connectivity index (χ2n) is 5.89. The van der Waals surface area contributed by atoms with Gasteiger partial charge in [0, 0.05) is 5.69 Å². The summed E-state index contributed by atoms with van der Waals surface area (Å²) in [5.74, 6) is -0.983. The molecule has 0 aliphatic rings. The van der Waals surface area contributed by atoms with Crippen molar-refractivity contribution in [1.82, 2.24) is 0 Å². The molecular formula is C21H15ClFN3O. The van der Waals surface area contributed by atoms with Gasteiger partial charge in [-0.1, -0.05) is 41.9 Å². The highest BCUT2D eigenvalue weighted by Gasteiger charge is 2.23. The van der Waals surface area contributed by atoms with Crippen LogP contribution in [0.1, 0.15) is 21.5 Å². The largest absolute Gasteiger partial charge is 0.399 e. The lowest BCUT2D eigenvalue weighted by Crippen LogP contribution is -2.31. The zero-order valence-corrected chi connectivity index (χ0v) is 14.9. The maximum Gasteiger partial charge on any atom is 0.260 e. The molecule has 3 aromatic carbocycles. The number of anilines is 2. The van der Waals surface area contributed by atoms with Crippen molar-refractivity contribution in [3.05, 3.63) is 94.3 Å². The van der Waals surface area contributed by atoms with E-state index in [4.69, 9.17) is 17.3 Å². The average Bonchev–Trinajstić information content (AvgIpc) is 2.68. The molecule has 1 amide bonds. The molecule has 0 atom stereocenters. The number of rotatable bonds is 4. The molecule has 6 heteroatoms. The van der Waals surface area contributed by atoms with Crippen LogP contribution in [0.25, 0.3) is 0 Å². The van der Waals surface area contributed by atoms with E-state index in [-0.39, 0.29) is 22.7 Å². The van der Waals surface area contributed by atoms with E-state index in [1.54, 1.807) is 12.1 Å². The van der Waals surface area contributed by atoms with Crippen LogP contribution in [0.3, 0.4) is 0 Å². The van der Waals surface area contributed by atoms with E-state index in [0.29, 0.717) is 11.4 Å². The van der Waals surface area contributed by atoms with Crippen LogP contribution < -0.4 is 10.6 Å². The van der Waals surface area contributed by atoms with Crippen LogP contribution >= 0.6 is 11.6 Å². The Balaban J connectivity index is 2.12. The van der Waals surface area contributed by atoms with Gasteiger partial charge < -0.3 is 10.6 Å². The molecule has 0 radical (unpaired) electrons. The first kappa shape index (κ1) is 18.4. The molecule has 0 saturated carbocycles. The summed E-state index contributed by atoms with van der Waals surface area (Å²) in [5, 5.41) is 9.65. The quantitative estimate of drug-likeness (QED) is 0.663. The monoisotopic (exact) mass is 379 g/mol. The molecule has 0 spiro atoms. The Morgan fingerprint density at radius 2 is 1.85 bits per heavy atom. The Morgan fingerprint density at radius 3 is 2.56 bits per heavy atom. The number of amides is 1. The first-order valence-electron chi connectivity index (χ1n) is 8.10. The zero-order chi connectivity index (χ0) is 19.4. The highest BCUT2D eigenvalue weighted by molar-refractivity contribution is 6.34. The molecule has 0 aromatic heterocycles. The van der Waals surface area contributed by atoms with Crippen molar-refractivity contribution >= 4 is 28.9 Å². The summed E-state index contributed by atoms with van der Waals surface area (Å²) in [6.45, 7) is 0.186. The summed E-state index contributed by atoms with van der Waals surface area (Å²) < 4.78 is 13.6. The first-order chi connectivity index (χ1) is 13.0. The average molecular weight is 380 g/mol. The van der Waals surface area contributed by atoms with Crippen LogP contribution in [0.5, 0.6) is 0 Å². The van der Waals surface area contributed by atoms with Crippen molar-refractivity contribution in [1.29, 1.82) is 5.26 Å². The SMILES string of the molecule is N#Cc1cc(F)ccc1N(Cc1ccccc1)C(=O)c1cc(N)ccc1Cl. The Hall–Kier alpha value is -3.36. The fourth-order valence-corrected chi connectivity index (χ4v) is 2.92. The number of nitrogens with two attached hydrogens (primary N) is 1. The van der Waals surface area contributed by atoms with Gasteiger partial charge in [0.15, 0.2) is 0 Å². The number of nitrogens with zero attached hydrogens (tertiary/aromatic N) is 2. The Kier molecular flexibility index (Phi) is 5.39. The molecule has 4 nitrogen and oxygen atoms in total. The highest BCUT2D eigenvalue weighted by Crippen LogP contribution is 2.28. The number of hydrogen-bond donors (Lipinski definition) is 1. The van der Waals surface area contributed by atoms with Crippen molar-refractivity contribution in [2.24, 2.45) is 0 Å². The van der Waals surface area contributed by atoms with E-state index in [1.807, 2.05) is 36.4 Å². The van der Waals surface area contributed by atoms with Gasteiger partial charge in [-0.2, -0.15) is 5.26 Å². The fourth-order valence-electron chi connectivity index (χ4n) is 2.72.